The Hall–Kier alpha value is -0.264. The fourth-order valence-corrected chi connectivity index (χ4v) is 1.95. The summed E-state index contributed by atoms with van der Waals surface area (Å²) in [5, 5.41) is 104. The minimum absolute atomic E-state index is 0.843. The third-order valence-electron chi connectivity index (χ3n) is 3.08. The van der Waals surface area contributed by atoms with Crippen molar-refractivity contribution in [2.75, 3.05) is 13.2 Å². The van der Waals surface area contributed by atoms with Crippen LogP contribution in [0.5, 0.6) is 0 Å². The first-order chi connectivity index (χ1) is 14.2. The molecule has 19 heteroatoms. The van der Waals surface area contributed by atoms with E-state index < -0.39 is 118 Å². The van der Waals surface area contributed by atoms with Gasteiger partial charge in [0.2, 0.25) is 0 Å². The van der Waals surface area contributed by atoms with E-state index in [0.29, 0.717) is 0 Å². The number of aliphatic hydroxyl groups is 10. The van der Waals surface area contributed by atoms with Crippen molar-refractivity contribution in [1.82, 2.24) is 0 Å². The van der Waals surface area contributed by atoms with E-state index in [1.165, 1.54) is 0 Å². The van der Waals surface area contributed by atoms with Gasteiger partial charge in [0.25, 0.3) is 0 Å². The molecule has 0 amide bonds. The first-order valence-electron chi connectivity index (χ1n) is 7.68. The maximum absolute atomic E-state index is 10.1. The van der Waals surface area contributed by atoms with Crippen molar-refractivity contribution >= 4 is 56.0 Å². The zero-order valence-electron chi connectivity index (χ0n) is 15.3. The van der Waals surface area contributed by atoms with Crippen molar-refractivity contribution in [3.05, 3.63) is 0 Å². The van der Waals surface area contributed by atoms with E-state index in [2.05, 4.69) is 1.29 Å². The van der Waals surface area contributed by atoms with Gasteiger partial charge < -0.3 is 61.3 Å². The Kier molecular flexibility index (Phi) is 23.2. The third kappa shape index (κ3) is 16.1. The first-order valence-corrected chi connectivity index (χ1v) is 11.8. The summed E-state index contributed by atoms with van der Waals surface area (Å²) in [5.41, 5.74) is 0. The quantitative estimate of drug-likeness (QED) is 0.0850. The molecule has 0 bridgehead atoms. The van der Waals surface area contributed by atoms with Gasteiger partial charge in [0.05, 0.1) is 13.2 Å². The van der Waals surface area contributed by atoms with E-state index in [9.17, 15) is 15.6 Å². The zero-order chi connectivity index (χ0) is 25.3. The number of aliphatic hydroxyl groups excluding tert-OH is 10. The molecule has 8 atom stereocenters. The molecule has 0 spiro atoms. The van der Waals surface area contributed by atoms with Gasteiger partial charge in [0.1, 0.15) is 36.6 Å². The molecule has 0 aliphatic heterocycles. The molecule has 31 heavy (non-hydrogen) atoms. The van der Waals surface area contributed by atoms with Crippen LogP contribution in [0.2, 0.25) is 0 Å². The van der Waals surface area contributed by atoms with Crippen LogP contribution in [0, 0.1) is 0 Å². The summed E-state index contributed by atoms with van der Waals surface area (Å²) in [4.78, 5) is 20.2. The fourth-order valence-electron chi connectivity index (χ4n) is 1.35. The van der Waals surface area contributed by atoms with Crippen molar-refractivity contribution in [1.29, 1.82) is 0 Å². The fraction of sp³-hybridized carbons (Fsp3) is 0.833. The van der Waals surface area contributed by atoms with Crippen LogP contribution in [-0.4, -0.2) is 179 Å². The van der Waals surface area contributed by atoms with E-state index in [-0.39, 0.29) is 0 Å². The standard InChI is InChI=1S/2C6H12O7.3O.2Sb/c2*7-1-2(8)3(9)4(10)5(11)6(12)13;;;;;/h2*2-5,7-11H,1H2,(H,12,13);;;;;. The summed E-state index contributed by atoms with van der Waals surface area (Å²) >= 11 is -3.31. The molecule has 0 radical (unpaired) electrons. The van der Waals surface area contributed by atoms with Crippen molar-refractivity contribution < 1.29 is 78.2 Å². The van der Waals surface area contributed by atoms with Crippen LogP contribution in [0.1, 0.15) is 0 Å². The number of aliphatic carboxylic acids is 2. The SMILES string of the molecule is O=C(O)C(O)C(O)C(O)C(O)CO.O=C(O)C(O)C(O)C(O)C(O)CO.[O]=[Sb][O][Sb]=[O]. The molecule has 0 saturated carbocycles. The van der Waals surface area contributed by atoms with Crippen molar-refractivity contribution in [2.45, 2.75) is 48.8 Å². The van der Waals surface area contributed by atoms with Gasteiger partial charge in [0, 0.05) is 0 Å². The molecule has 17 nitrogen and oxygen atoms in total. The monoisotopic (exact) mass is 682 g/mol. The van der Waals surface area contributed by atoms with Crippen LogP contribution in [0.15, 0.2) is 0 Å². The van der Waals surface area contributed by atoms with Gasteiger partial charge in [-0.3, -0.25) is 0 Å². The Balaban J connectivity index is -0.000000416. The summed E-state index contributed by atoms with van der Waals surface area (Å²) in [6, 6.07) is 0. The number of hydrogen-bond acceptors (Lipinski definition) is 15. The van der Waals surface area contributed by atoms with Gasteiger partial charge in [-0.2, -0.15) is 0 Å². The van der Waals surface area contributed by atoms with Crippen molar-refractivity contribution in [3.63, 3.8) is 0 Å². The normalized spacial score (nSPS) is 18.1. The molecule has 0 aliphatic carbocycles. The molecular formula is C12H24O17Sb2. The Labute approximate surface area is 195 Å². The molecule has 0 aliphatic rings. The second-order valence-electron chi connectivity index (χ2n) is 5.26. The van der Waals surface area contributed by atoms with E-state index in [1.807, 2.05) is 0 Å². The summed E-state index contributed by atoms with van der Waals surface area (Å²) in [6.45, 7) is -1.69. The number of carboxylic acids is 2. The van der Waals surface area contributed by atoms with E-state index in [0.717, 1.165) is 0 Å². The van der Waals surface area contributed by atoms with Crippen LogP contribution >= 0.6 is 0 Å². The number of carbonyl (C=O) groups is 2. The minimum atomic E-state index is -2.20. The number of hydrogen-bond donors (Lipinski definition) is 12. The average molecular weight is 684 g/mol. The molecule has 8 unspecified atom stereocenters. The third-order valence-corrected chi connectivity index (χ3v) is 6.02. The number of carboxylic acid groups (broad SMARTS) is 2. The molecular weight excluding hydrogens is 660 g/mol. The molecule has 0 saturated heterocycles. The van der Waals surface area contributed by atoms with Gasteiger partial charge in [0.15, 0.2) is 12.2 Å². The van der Waals surface area contributed by atoms with Gasteiger partial charge >= 0.3 is 63.3 Å². The van der Waals surface area contributed by atoms with Crippen LogP contribution in [0.25, 0.3) is 0 Å². The van der Waals surface area contributed by atoms with Crippen LogP contribution < -0.4 is 0 Å². The Morgan fingerprint density at radius 3 is 1.00 bits per heavy atom. The predicted molar refractivity (Wildman–Crippen MR) is 91.5 cm³/mol. The second-order valence-corrected chi connectivity index (χ2v) is 9.70. The molecule has 0 rings (SSSR count). The topological polar surface area (TPSA) is 320 Å². The Morgan fingerprint density at radius 2 is 0.871 bits per heavy atom. The summed E-state index contributed by atoms with van der Waals surface area (Å²) in [6.07, 6.45) is -15.7. The Bertz CT molecular complexity index is 477. The van der Waals surface area contributed by atoms with E-state index in [1.54, 1.807) is 0 Å². The molecule has 0 fully saturated rings. The molecule has 184 valence electrons. The predicted octanol–water partition coefficient (Wildman–Crippen LogP) is -8.05. The molecule has 0 aromatic carbocycles. The molecule has 0 aromatic rings. The summed E-state index contributed by atoms with van der Waals surface area (Å²) in [5.74, 6) is -3.45. The number of rotatable bonds is 12. The second kappa shape index (κ2) is 20.4. The van der Waals surface area contributed by atoms with Gasteiger partial charge in [-0.15, -0.1) is 0 Å². The van der Waals surface area contributed by atoms with Crippen LogP contribution in [0.3, 0.4) is 0 Å². The van der Waals surface area contributed by atoms with E-state index in [4.69, 9.17) is 61.3 Å². The van der Waals surface area contributed by atoms with E-state index >= 15 is 0 Å². The molecule has 12 N–H and O–H groups in total. The first kappa shape index (κ1) is 35.3. The van der Waals surface area contributed by atoms with Gasteiger partial charge in [-0.1, -0.05) is 0 Å². The Morgan fingerprint density at radius 1 is 0.613 bits per heavy atom. The van der Waals surface area contributed by atoms with Crippen molar-refractivity contribution in [3.8, 4) is 0 Å². The van der Waals surface area contributed by atoms with Crippen LogP contribution in [0.4, 0.5) is 0 Å². The average Bonchev–Trinajstić information content (AvgIpc) is 2.75. The molecule has 0 heterocycles. The van der Waals surface area contributed by atoms with Crippen molar-refractivity contribution in [2.24, 2.45) is 0 Å². The van der Waals surface area contributed by atoms with Crippen LogP contribution in [-0.2, 0) is 16.9 Å². The van der Waals surface area contributed by atoms with Gasteiger partial charge in [-0.25, -0.2) is 9.59 Å². The van der Waals surface area contributed by atoms with Gasteiger partial charge in [-0.05, 0) is 0 Å². The zero-order valence-corrected chi connectivity index (χ0v) is 20.4. The summed E-state index contributed by atoms with van der Waals surface area (Å²) < 4.78 is 22.6. The molecule has 0 aromatic heterocycles. The maximum atomic E-state index is 10.1. The summed E-state index contributed by atoms with van der Waals surface area (Å²) in [7, 11) is 0.